The van der Waals surface area contributed by atoms with Gasteiger partial charge in [0.25, 0.3) is 5.91 Å². The van der Waals surface area contributed by atoms with E-state index in [-0.39, 0.29) is 5.91 Å². The van der Waals surface area contributed by atoms with E-state index >= 15 is 0 Å². The maximum Gasteiger partial charge on any atom is 0.254 e. The molecule has 0 aromatic heterocycles. The van der Waals surface area contributed by atoms with Gasteiger partial charge in [-0.1, -0.05) is 36.2 Å². The van der Waals surface area contributed by atoms with Crippen LogP contribution in [0, 0.1) is 0 Å². The van der Waals surface area contributed by atoms with Crippen molar-refractivity contribution >= 4 is 23.7 Å². The van der Waals surface area contributed by atoms with Gasteiger partial charge in [0.1, 0.15) is 0 Å². The molecule has 1 fully saturated rings. The molecule has 0 unspecified atom stereocenters. The highest BCUT2D eigenvalue weighted by Gasteiger charge is 2.12. The monoisotopic (exact) mass is 279 g/mol. The fraction of sp³-hybridized carbons (Fsp3) is 0.429. The lowest BCUT2D eigenvalue weighted by Gasteiger charge is -2.25. The zero-order valence-electron chi connectivity index (χ0n) is 10.8. The zero-order chi connectivity index (χ0) is 13.5. The topological polar surface area (TPSA) is 44.7 Å². The molecule has 5 heteroatoms. The normalized spacial score (nSPS) is 16.7. The van der Waals surface area contributed by atoms with Gasteiger partial charge in [0.05, 0.1) is 12.8 Å². The highest BCUT2D eigenvalue weighted by atomic mass is 35.5. The number of halogens is 1. The number of hydrogen-bond donors (Lipinski definition) is 1. The molecule has 1 aliphatic heterocycles. The van der Waals surface area contributed by atoms with E-state index in [0.717, 1.165) is 18.7 Å². The van der Waals surface area contributed by atoms with Crippen LogP contribution in [0.5, 0.6) is 0 Å². The minimum atomic E-state index is -0.0785. The summed E-state index contributed by atoms with van der Waals surface area (Å²) >= 11 is 5.98. The van der Waals surface area contributed by atoms with Gasteiger partial charge in [-0.2, -0.15) is 5.10 Å². The predicted octanol–water partition coefficient (Wildman–Crippen LogP) is 2.28. The first-order chi connectivity index (χ1) is 9.25. The third-order valence-corrected chi connectivity index (χ3v) is 3.46. The van der Waals surface area contributed by atoms with E-state index in [1.165, 1.54) is 19.3 Å². The van der Waals surface area contributed by atoms with E-state index in [1.807, 2.05) is 18.2 Å². The fourth-order valence-electron chi connectivity index (χ4n) is 2.11. The molecular weight excluding hydrogens is 262 g/mol. The lowest BCUT2D eigenvalue weighted by molar-refractivity contribution is -0.122. The largest absolute Gasteiger partial charge is 0.294 e. The quantitative estimate of drug-likeness (QED) is 0.679. The average Bonchev–Trinajstić information content (AvgIpc) is 2.42. The molecule has 0 spiro atoms. The van der Waals surface area contributed by atoms with Crippen LogP contribution in [0.2, 0.25) is 5.02 Å². The van der Waals surface area contributed by atoms with Crippen LogP contribution in [0.15, 0.2) is 29.4 Å². The van der Waals surface area contributed by atoms with Crippen LogP contribution < -0.4 is 5.43 Å². The molecule has 0 atom stereocenters. The SMILES string of the molecule is O=C(CN1CCCCC1)N/N=C/c1ccccc1Cl. The average molecular weight is 280 g/mol. The lowest BCUT2D eigenvalue weighted by atomic mass is 10.1. The van der Waals surface area contributed by atoms with Gasteiger partial charge in [0.15, 0.2) is 0 Å². The highest BCUT2D eigenvalue weighted by molar-refractivity contribution is 6.33. The molecule has 1 aromatic rings. The molecular formula is C14H18ClN3O. The van der Waals surface area contributed by atoms with E-state index in [1.54, 1.807) is 12.3 Å². The summed E-state index contributed by atoms with van der Waals surface area (Å²) < 4.78 is 0. The summed E-state index contributed by atoms with van der Waals surface area (Å²) in [4.78, 5) is 13.8. The van der Waals surface area contributed by atoms with Crippen LogP contribution in [0.3, 0.4) is 0 Å². The summed E-state index contributed by atoms with van der Waals surface area (Å²) in [5, 5.41) is 4.55. The van der Waals surface area contributed by atoms with Crippen LogP contribution in [-0.4, -0.2) is 36.7 Å². The van der Waals surface area contributed by atoms with Crippen molar-refractivity contribution in [2.75, 3.05) is 19.6 Å². The number of piperidine rings is 1. The molecule has 2 rings (SSSR count). The number of nitrogens with one attached hydrogen (secondary N) is 1. The second-order valence-corrected chi connectivity index (χ2v) is 5.06. The maximum absolute atomic E-state index is 11.7. The Bertz CT molecular complexity index is 456. The summed E-state index contributed by atoms with van der Waals surface area (Å²) in [6.07, 6.45) is 5.19. The Morgan fingerprint density at radius 2 is 2.05 bits per heavy atom. The molecule has 19 heavy (non-hydrogen) atoms. The van der Waals surface area contributed by atoms with Gasteiger partial charge in [0.2, 0.25) is 0 Å². The van der Waals surface area contributed by atoms with E-state index in [9.17, 15) is 4.79 Å². The molecule has 0 saturated carbocycles. The van der Waals surface area contributed by atoms with Crippen LogP contribution in [0.1, 0.15) is 24.8 Å². The van der Waals surface area contributed by atoms with Gasteiger partial charge >= 0.3 is 0 Å². The number of benzene rings is 1. The van der Waals surface area contributed by atoms with Crippen molar-refractivity contribution in [2.45, 2.75) is 19.3 Å². The van der Waals surface area contributed by atoms with E-state index in [4.69, 9.17) is 11.6 Å². The number of likely N-dealkylation sites (tertiary alicyclic amines) is 1. The summed E-state index contributed by atoms with van der Waals surface area (Å²) in [6, 6.07) is 7.37. The van der Waals surface area contributed by atoms with Crippen molar-refractivity contribution in [3.8, 4) is 0 Å². The van der Waals surface area contributed by atoms with Gasteiger partial charge in [-0.15, -0.1) is 0 Å². The Balaban J connectivity index is 1.78. The molecule has 0 radical (unpaired) electrons. The van der Waals surface area contributed by atoms with Gasteiger partial charge in [-0.05, 0) is 32.0 Å². The van der Waals surface area contributed by atoms with Crippen molar-refractivity contribution in [3.05, 3.63) is 34.9 Å². The smallest absolute Gasteiger partial charge is 0.254 e. The van der Waals surface area contributed by atoms with Crippen LogP contribution >= 0.6 is 11.6 Å². The number of hydrazone groups is 1. The summed E-state index contributed by atoms with van der Waals surface area (Å²) in [7, 11) is 0. The van der Waals surface area contributed by atoms with Gasteiger partial charge in [0, 0.05) is 10.6 Å². The van der Waals surface area contributed by atoms with Crippen molar-refractivity contribution < 1.29 is 4.79 Å². The number of nitrogens with zero attached hydrogens (tertiary/aromatic N) is 2. The Kier molecular flexibility index (Phi) is 5.36. The molecule has 1 heterocycles. The summed E-state index contributed by atoms with van der Waals surface area (Å²) in [6.45, 7) is 2.42. The molecule has 1 aromatic carbocycles. The van der Waals surface area contributed by atoms with Gasteiger partial charge in [-0.3, -0.25) is 9.69 Å². The van der Waals surface area contributed by atoms with Crippen molar-refractivity contribution in [1.29, 1.82) is 0 Å². The Hall–Kier alpha value is -1.39. The number of carbonyl (C=O) groups is 1. The van der Waals surface area contributed by atoms with Crippen LogP contribution in [0.25, 0.3) is 0 Å². The number of hydrogen-bond acceptors (Lipinski definition) is 3. The van der Waals surface area contributed by atoms with E-state index in [0.29, 0.717) is 11.6 Å². The standard InChI is InChI=1S/C14H18ClN3O/c15-13-7-3-2-6-12(13)10-16-17-14(19)11-18-8-4-1-5-9-18/h2-3,6-7,10H,1,4-5,8-9,11H2,(H,17,19)/b16-10+. The first kappa shape index (κ1) is 14.0. The number of carbonyl (C=O) groups excluding carboxylic acids is 1. The first-order valence-electron chi connectivity index (χ1n) is 6.54. The molecule has 1 N–H and O–H groups in total. The minimum Gasteiger partial charge on any atom is -0.294 e. The second-order valence-electron chi connectivity index (χ2n) is 4.65. The second kappa shape index (κ2) is 7.26. The maximum atomic E-state index is 11.7. The Morgan fingerprint density at radius 1 is 1.32 bits per heavy atom. The molecule has 0 aliphatic carbocycles. The van der Waals surface area contributed by atoms with Crippen LogP contribution in [0.4, 0.5) is 0 Å². The van der Waals surface area contributed by atoms with Crippen molar-refractivity contribution in [2.24, 2.45) is 5.10 Å². The summed E-state index contributed by atoms with van der Waals surface area (Å²) in [5.41, 5.74) is 3.33. The Morgan fingerprint density at radius 3 is 2.79 bits per heavy atom. The third-order valence-electron chi connectivity index (χ3n) is 3.11. The van der Waals surface area contributed by atoms with Crippen LogP contribution in [-0.2, 0) is 4.79 Å². The van der Waals surface area contributed by atoms with Gasteiger partial charge in [-0.25, -0.2) is 5.43 Å². The molecule has 4 nitrogen and oxygen atoms in total. The minimum absolute atomic E-state index is 0.0785. The molecule has 1 saturated heterocycles. The lowest BCUT2D eigenvalue weighted by Crippen LogP contribution is -2.38. The number of amides is 1. The third kappa shape index (κ3) is 4.65. The summed E-state index contributed by atoms with van der Waals surface area (Å²) in [5.74, 6) is -0.0785. The predicted molar refractivity (Wildman–Crippen MR) is 77.5 cm³/mol. The molecule has 1 amide bonds. The van der Waals surface area contributed by atoms with Crippen molar-refractivity contribution in [1.82, 2.24) is 10.3 Å². The first-order valence-corrected chi connectivity index (χ1v) is 6.92. The zero-order valence-corrected chi connectivity index (χ0v) is 11.6. The van der Waals surface area contributed by atoms with E-state index in [2.05, 4.69) is 15.4 Å². The van der Waals surface area contributed by atoms with Gasteiger partial charge < -0.3 is 0 Å². The number of rotatable bonds is 4. The highest BCUT2D eigenvalue weighted by Crippen LogP contribution is 2.12. The van der Waals surface area contributed by atoms with Crippen molar-refractivity contribution in [3.63, 3.8) is 0 Å². The Labute approximate surface area is 118 Å². The molecule has 0 bridgehead atoms. The van der Waals surface area contributed by atoms with E-state index < -0.39 is 0 Å². The molecule has 1 aliphatic rings. The fourth-order valence-corrected chi connectivity index (χ4v) is 2.29. The molecule has 102 valence electrons.